The van der Waals surface area contributed by atoms with E-state index in [4.69, 9.17) is 12.2 Å². The van der Waals surface area contributed by atoms with Gasteiger partial charge in [0.2, 0.25) is 5.91 Å². The summed E-state index contributed by atoms with van der Waals surface area (Å²) in [7, 11) is 0. The van der Waals surface area contributed by atoms with Crippen LogP contribution in [0.5, 0.6) is 0 Å². The summed E-state index contributed by atoms with van der Waals surface area (Å²) >= 11 is 6.54. The summed E-state index contributed by atoms with van der Waals surface area (Å²) in [6, 6.07) is 1.84. The van der Waals surface area contributed by atoms with Gasteiger partial charge in [-0.2, -0.15) is 5.10 Å². The van der Waals surface area contributed by atoms with Crippen molar-refractivity contribution in [2.75, 3.05) is 5.32 Å². The molecule has 0 radical (unpaired) electrons. The van der Waals surface area contributed by atoms with Gasteiger partial charge >= 0.3 is 0 Å². The fourth-order valence-corrected chi connectivity index (χ4v) is 3.36. The second kappa shape index (κ2) is 5.49. The molecule has 1 saturated carbocycles. The zero-order valence-corrected chi connectivity index (χ0v) is 12.8. The number of nitrogens with zero attached hydrogens (tertiary/aromatic N) is 2. The van der Waals surface area contributed by atoms with Crippen LogP contribution in [0.4, 0.5) is 5.82 Å². The first-order valence-electron chi connectivity index (χ1n) is 6.62. The van der Waals surface area contributed by atoms with Gasteiger partial charge in [-0.3, -0.25) is 4.79 Å². The van der Waals surface area contributed by atoms with Crippen LogP contribution in [0.1, 0.15) is 23.4 Å². The van der Waals surface area contributed by atoms with E-state index >= 15 is 0 Å². The van der Waals surface area contributed by atoms with E-state index in [1.807, 2.05) is 17.7 Å². The van der Waals surface area contributed by atoms with Crippen molar-refractivity contribution in [3.05, 3.63) is 26.8 Å². The van der Waals surface area contributed by atoms with Crippen molar-refractivity contribution in [1.29, 1.82) is 0 Å². The fraction of sp³-hybridized carbons (Fsp3) is 0.462. The highest BCUT2D eigenvalue weighted by Crippen LogP contribution is 2.31. The van der Waals surface area contributed by atoms with Crippen LogP contribution < -0.4 is 5.32 Å². The summed E-state index contributed by atoms with van der Waals surface area (Å²) in [5.41, 5.74) is 0.974. The van der Waals surface area contributed by atoms with Crippen molar-refractivity contribution >= 4 is 35.3 Å². The van der Waals surface area contributed by atoms with E-state index < -0.39 is 0 Å². The predicted molar refractivity (Wildman–Crippen MR) is 81.5 cm³/mol. The maximum atomic E-state index is 12.1. The minimum atomic E-state index is -0.0316. The van der Waals surface area contributed by atoms with E-state index in [0.717, 1.165) is 28.9 Å². The van der Waals surface area contributed by atoms with Gasteiger partial charge in [0.05, 0.1) is 12.6 Å². The van der Waals surface area contributed by atoms with Gasteiger partial charge in [0, 0.05) is 23.2 Å². The van der Waals surface area contributed by atoms with Crippen LogP contribution in [0.25, 0.3) is 0 Å². The molecule has 0 bridgehead atoms. The van der Waals surface area contributed by atoms with Crippen LogP contribution >= 0.6 is 23.6 Å². The summed E-state index contributed by atoms with van der Waals surface area (Å²) in [5, 5.41) is 7.19. The molecule has 0 aliphatic heterocycles. The van der Waals surface area contributed by atoms with E-state index in [9.17, 15) is 4.79 Å². The number of carbonyl (C=O) groups is 1. The van der Waals surface area contributed by atoms with E-state index in [-0.39, 0.29) is 5.91 Å². The molecule has 2 N–H and O–H groups in total. The molecule has 1 aliphatic carbocycles. The van der Waals surface area contributed by atoms with Crippen LogP contribution in [-0.2, 0) is 17.8 Å². The largest absolute Gasteiger partial charge is 0.341 e. The molecule has 1 aliphatic rings. The summed E-state index contributed by atoms with van der Waals surface area (Å²) in [6.07, 6.45) is 4.60. The SMILES string of the molecule is Cc1[nH]c(=S)sc1CC(=O)Nc1ccnn1CC1CC1. The second-order valence-electron chi connectivity index (χ2n) is 5.13. The Hall–Kier alpha value is -1.47. The van der Waals surface area contributed by atoms with Gasteiger partial charge in [0.25, 0.3) is 0 Å². The number of aromatic nitrogens is 3. The quantitative estimate of drug-likeness (QED) is 0.835. The second-order valence-corrected chi connectivity index (χ2v) is 6.90. The van der Waals surface area contributed by atoms with Crippen LogP contribution in [0.15, 0.2) is 12.3 Å². The number of nitrogens with one attached hydrogen (secondary N) is 2. The molecular formula is C13H16N4OS2. The van der Waals surface area contributed by atoms with Gasteiger partial charge in [-0.25, -0.2) is 4.68 Å². The average molecular weight is 308 g/mol. The molecule has 20 heavy (non-hydrogen) atoms. The Labute approximate surface area is 126 Å². The Morgan fingerprint density at radius 1 is 1.65 bits per heavy atom. The molecule has 5 nitrogen and oxygen atoms in total. The van der Waals surface area contributed by atoms with Crippen molar-refractivity contribution in [3.8, 4) is 0 Å². The van der Waals surface area contributed by atoms with Crippen LogP contribution in [0.2, 0.25) is 0 Å². The number of anilines is 1. The molecule has 3 rings (SSSR count). The number of hydrogen-bond donors (Lipinski definition) is 2. The van der Waals surface area contributed by atoms with Crippen molar-refractivity contribution < 1.29 is 4.79 Å². The molecule has 2 heterocycles. The lowest BCUT2D eigenvalue weighted by Crippen LogP contribution is -2.18. The third-order valence-electron chi connectivity index (χ3n) is 3.36. The van der Waals surface area contributed by atoms with Crippen LogP contribution in [0, 0.1) is 16.8 Å². The summed E-state index contributed by atoms with van der Waals surface area (Å²) < 4.78 is 2.59. The molecular weight excluding hydrogens is 292 g/mol. The molecule has 0 unspecified atom stereocenters. The number of thiazole rings is 1. The molecule has 2 aromatic heterocycles. The Morgan fingerprint density at radius 3 is 3.10 bits per heavy atom. The van der Waals surface area contributed by atoms with Crippen molar-refractivity contribution in [3.63, 3.8) is 0 Å². The maximum absolute atomic E-state index is 12.1. The standard InChI is InChI=1S/C13H16N4OS2/c1-8-10(20-13(19)15-8)6-12(18)16-11-4-5-14-17(11)7-9-2-3-9/h4-5,9H,2-3,6-7H2,1H3,(H,15,19)(H,16,18). The maximum Gasteiger partial charge on any atom is 0.230 e. The van der Waals surface area contributed by atoms with Crippen LogP contribution in [0.3, 0.4) is 0 Å². The lowest BCUT2D eigenvalue weighted by Gasteiger charge is -2.08. The van der Waals surface area contributed by atoms with Crippen molar-refractivity contribution in [2.24, 2.45) is 5.92 Å². The van der Waals surface area contributed by atoms with Gasteiger partial charge in [0.1, 0.15) is 5.82 Å². The number of rotatable bonds is 5. The summed E-state index contributed by atoms with van der Waals surface area (Å²) in [4.78, 5) is 16.1. The first-order chi connectivity index (χ1) is 9.61. The monoisotopic (exact) mass is 308 g/mol. The highest BCUT2D eigenvalue weighted by molar-refractivity contribution is 7.73. The van der Waals surface area contributed by atoms with E-state index in [1.54, 1.807) is 6.20 Å². The predicted octanol–water partition coefficient (Wildman–Crippen LogP) is 2.90. The number of H-pyrrole nitrogens is 1. The lowest BCUT2D eigenvalue weighted by atomic mass is 10.3. The minimum absolute atomic E-state index is 0.0316. The third kappa shape index (κ3) is 3.16. The van der Waals surface area contributed by atoms with E-state index in [1.165, 1.54) is 24.2 Å². The zero-order chi connectivity index (χ0) is 14.1. The number of aromatic amines is 1. The third-order valence-corrected chi connectivity index (χ3v) is 4.69. The molecule has 0 spiro atoms. The van der Waals surface area contributed by atoms with Gasteiger partial charge in [-0.1, -0.05) is 0 Å². The van der Waals surface area contributed by atoms with E-state index in [2.05, 4.69) is 15.4 Å². The summed E-state index contributed by atoms with van der Waals surface area (Å²) in [5.74, 6) is 1.47. The Bertz CT molecular complexity index is 681. The normalized spacial score (nSPS) is 14.4. The molecule has 1 fully saturated rings. The molecule has 0 atom stereocenters. The molecule has 2 aromatic rings. The van der Waals surface area contributed by atoms with Gasteiger partial charge < -0.3 is 10.3 Å². The van der Waals surface area contributed by atoms with E-state index in [0.29, 0.717) is 10.4 Å². The number of amides is 1. The number of hydrogen-bond acceptors (Lipinski definition) is 4. The van der Waals surface area contributed by atoms with Gasteiger partial charge in [-0.05, 0) is 37.9 Å². The summed E-state index contributed by atoms with van der Waals surface area (Å²) in [6.45, 7) is 2.83. The highest BCUT2D eigenvalue weighted by Gasteiger charge is 2.23. The van der Waals surface area contributed by atoms with Crippen LogP contribution in [-0.4, -0.2) is 20.7 Å². The lowest BCUT2D eigenvalue weighted by molar-refractivity contribution is -0.115. The topological polar surface area (TPSA) is 62.7 Å². The highest BCUT2D eigenvalue weighted by atomic mass is 32.1. The molecule has 0 aromatic carbocycles. The number of aryl methyl sites for hydroxylation is 1. The molecule has 0 saturated heterocycles. The van der Waals surface area contributed by atoms with Gasteiger partial charge in [-0.15, -0.1) is 11.3 Å². The van der Waals surface area contributed by atoms with Crippen molar-refractivity contribution in [2.45, 2.75) is 32.7 Å². The average Bonchev–Trinajstić information content (AvgIpc) is 3.00. The van der Waals surface area contributed by atoms with Gasteiger partial charge in [0.15, 0.2) is 3.95 Å². The molecule has 7 heteroatoms. The fourth-order valence-electron chi connectivity index (χ4n) is 2.07. The molecule has 106 valence electrons. The number of carbonyl (C=O) groups excluding carboxylic acids is 1. The minimum Gasteiger partial charge on any atom is -0.341 e. The Balaban J connectivity index is 1.65. The first kappa shape index (κ1) is 13.5. The smallest absolute Gasteiger partial charge is 0.230 e. The van der Waals surface area contributed by atoms with Crippen molar-refractivity contribution in [1.82, 2.24) is 14.8 Å². The first-order valence-corrected chi connectivity index (χ1v) is 7.84. The Kier molecular flexibility index (Phi) is 3.71. The zero-order valence-electron chi connectivity index (χ0n) is 11.2. The molecule has 1 amide bonds. The Morgan fingerprint density at radius 2 is 2.45 bits per heavy atom.